The molecular weight excluding hydrogens is 508 g/mol. The zero-order valence-electron chi connectivity index (χ0n) is 24.0. The number of nitrogens with one attached hydrogen (secondary N) is 3. The number of carbonyl (C=O) groups is 3. The third-order valence-electron chi connectivity index (χ3n) is 7.29. The quantitative estimate of drug-likeness (QED) is 0.379. The number of piperazine rings is 1. The SMILES string of the molecule is CCOc1ccc(CN(C)C)cc1NC(=O)C(NC(=O)N1CCN(C(C)=O)CC1)C(C)c1c[nH]c2ccccc12. The van der Waals surface area contributed by atoms with Crippen LogP contribution in [0.4, 0.5) is 10.5 Å². The van der Waals surface area contributed by atoms with E-state index in [2.05, 4.69) is 20.5 Å². The molecule has 10 heteroatoms. The van der Waals surface area contributed by atoms with Gasteiger partial charge in [-0.1, -0.05) is 31.2 Å². The van der Waals surface area contributed by atoms with E-state index in [4.69, 9.17) is 4.74 Å². The number of nitrogens with zero attached hydrogens (tertiary/aromatic N) is 3. The van der Waals surface area contributed by atoms with E-state index in [0.717, 1.165) is 22.0 Å². The number of ether oxygens (including phenoxy) is 1. The number of H-pyrrole nitrogens is 1. The van der Waals surface area contributed by atoms with E-state index in [1.54, 1.807) is 9.80 Å². The van der Waals surface area contributed by atoms with Crippen LogP contribution in [0.25, 0.3) is 10.9 Å². The molecule has 40 heavy (non-hydrogen) atoms. The lowest BCUT2D eigenvalue weighted by Gasteiger charge is -2.35. The number of hydrogen-bond donors (Lipinski definition) is 3. The van der Waals surface area contributed by atoms with Crippen molar-refractivity contribution in [2.45, 2.75) is 39.3 Å². The number of urea groups is 1. The summed E-state index contributed by atoms with van der Waals surface area (Å²) in [5, 5.41) is 7.06. The van der Waals surface area contributed by atoms with Crippen LogP contribution in [0, 0.1) is 0 Å². The lowest BCUT2D eigenvalue weighted by molar-refractivity contribution is -0.130. The van der Waals surface area contributed by atoms with Gasteiger partial charge in [0.25, 0.3) is 0 Å². The number of rotatable bonds is 9. The summed E-state index contributed by atoms with van der Waals surface area (Å²) in [7, 11) is 3.97. The molecule has 3 N–H and O–H groups in total. The second kappa shape index (κ2) is 12.9. The lowest BCUT2D eigenvalue weighted by Crippen LogP contribution is -2.56. The van der Waals surface area contributed by atoms with Crippen molar-refractivity contribution in [3.8, 4) is 5.75 Å². The first kappa shape index (κ1) is 28.9. The first-order valence-corrected chi connectivity index (χ1v) is 13.8. The molecule has 1 aromatic heterocycles. The van der Waals surface area contributed by atoms with Gasteiger partial charge in [-0.15, -0.1) is 0 Å². The summed E-state index contributed by atoms with van der Waals surface area (Å²) in [4.78, 5) is 47.8. The Morgan fingerprint density at radius 3 is 2.42 bits per heavy atom. The number of para-hydroxylation sites is 1. The molecule has 0 saturated carbocycles. The van der Waals surface area contributed by atoms with Crippen LogP contribution in [0.15, 0.2) is 48.7 Å². The molecule has 10 nitrogen and oxygen atoms in total. The van der Waals surface area contributed by atoms with Crippen molar-refractivity contribution in [3.63, 3.8) is 0 Å². The van der Waals surface area contributed by atoms with Gasteiger partial charge in [-0.3, -0.25) is 9.59 Å². The fourth-order valence-electron chi connectivity index (χ4n) is 5.15. The van der Waals surface area contributed by atoms with Gasteiger partial charge < -0.3 is 35.1 Å². The minimum atomic E-state index is -0.871. The van der Waals surface area contributed by atoms with E-state index >= 15 is 0 Å². The van der Waals surface area contributed by atoms with Crippen molar-refractivity contribution in [2.24, 2.45) is 0 Å². The van der Waals surface area contributed by atoms with Gasteiger partial charge in [-0.2, -0.15) is 0 Å². The van der Waals surface area contributed by atoms with Gasteiger partial charge in [0, 0.05) is 62.7 Å². The molecule has 2 heterocycles. The third kappa shape index (κ3) is 6.74. The highest BCUT2D eigenvalue weighted by Gasteiger charge is 2.32. The first-order chi connectivity index (χ1) is 19.2. The first-order valence-electron chi connectivity index (χ1n) is 13.8. The predicted octanol–water partition coefficient (Wildman–Crippen LogP) is 3.61. The van der Waals surface area contributed by atoms with E-state index < -0.39 is 6.04 Å². The van der Waals surface area contributed by atoms with Crippen LogP contribution in [0.2, 0.25) is 0 Å². The highest BCUT2D eigenvalue weighted by molar-refractivity contribution is 5.99. The Labute approximate surface area is 235 Å². The topological polar surface area (TPSA) is 110 Å². The molecule has 0 spiro atoms. The molecule has 1 aliphatic rings. The summed E-state index contributed by atoms with van der Waals surface area (Å²) in [6, 6.07) is 12.5. The van der Waals surface area contributed by atoms with Crippen molar-refractivity contribution >= 4 is 34.4 Å². The van der Waals surface area contributed by atoms with E-state index in [0.29, 0.717) is 50.8 Å². The van der Waals surface area contributed by atoms with E-state index in [1.165, 1.54) is 6.92 Å². The van der Waals surface area contributed by atoms with Gasteiger partial charge in [0.2, 0.25) is 11.8 Å². The summed E-state index contributed by atoms with van der Waals surface area (Å²) >= 11 is 0. The minimum absolute atomic E-state index is 0.00753. The van der Waals surface area contributed by atoms with Gasteiger partial charge in [0.1, 0.15) is 11.8 Å². The predicted molar refractivity (Wildman–Crippen MR) is 156 cm³/mol. The van der Waals surface area contributed by atoms with Crippen molar-refractivity contribution in [1.29, 1.82) is 0 Å². The second-order valence-electron chi connectivity index (χ2n) is 10.5. The zero-order chi connectivity index (χ0) is 28.8. The molecular formula is C30H40N6O4. The van der Waals surface area contributed by atoms with Gasteiger partial charge in [0.05, 0.1) is 12.3 Å². The Morgan fingerprint density at radius 1 is 1.05 bits per heavy atom. The maximum absolute atomic E-state index is 14.0. The molecule has 1 saturated heterocycles. The van der Waals surface area contributed by atoms with Crippen molar-refractivity contribution in [1.82, 2.24) is 25.0 Å². The fourth-order valence-corrected chi connectivity index (χ4v) is 5.15. The molecule has 214 valence electrons. The maximum Gasteiger partial charge on any atom is 0.318 e. The molecule has 4 amide bonds. The van der Waals surface area contributed by atoms with Gasteiger partial charge in [0.15, 0.2) is 0 Å². The van der Waals surface area contributed by atoms with Crippen molar-refractivity contribution in [2.75, 3.05) is 52.2 Å². The molecule has 0 radical (unpaired) electrons. The Hall–Kier alpha value is -4.05. The van der Waals surface area contributed by atoms with Gasteiger partial charge in [-0.05, 0) is 50.3 Å². The van der Waals surface area contributed by atoms with E-state index in [-0.39, 0.29) is 23.8 Å². The number of anilines is 1. The van der Waals surface area contributed by atoms with E-state index in [1.807, 2.05) is 76.6 Å². The Kier molecular flexibility index (Phi) is 9.31. The minimum Gasteiger partial charge on any atom is -0.492 e. The highest BCUT2D eigenvalue weighted by Crippen LogP contribution is 2.31. The lowest BCUT2D eigenvalue weighted by atomic mass is 9.92. The fraction of sp³-hybridized carbons (Fsp3) is 0.433. The largest absolute Gasteiger partial charge is 0.492 e. The molecule has 2 aromatic carbocycles. The van der Waals surface area contributed by atoms with Gasteiger partial charge in [-0.25, -0.2) is 4.79 Å². The normalized spacial score (nSPS) is 15.2. The monoisotopic (exact) mass is 548 g/mol. The summed E-state index contributed by atoms with van der Waals surface area (Å²) in [5.41, 5.74) is 3.48. The summed E-state index contributed by atoms with van der Waals surface area (Å²) in [5.74, 6) is -0.119. The van der Waals surface area contributed by atoms with Crippen LogP contribution >= 0.6 is 0 Å². The van der Waals surface area contributed by atoms with Crippen LogP contribution in [-0.2, 0) is 16.1 Å². The Bertz CT molecular complexity index is 1340. The molecule has 1 fully saturated rings. The number of benzene rings is 2. The Morgan fingerprint density at radius 2 is 1.75 bits per heavy atom. The molecule has 3 aromatic rings. The second-order valence-corrected chi connectivity index (χ2v) is 10.5. The summed E-state index contributed by atoms with van der Waals surface area (Å²) in [6.45, 7) is 8.27. The van der Waals surface area contributed by atoms with Crippen molar-refractivity contribution in [3.05, 3.63) is 59.8 Å². The molecule has 2 unspecified atom stereocenters. The average Bonchev–Trinajstić information content (AvgIpc) is 3.36. The molecule has 1 aliphatic heterocycles. The molecule has 0 aliphatic carbocycles. The number of amides is 4. The van der Waals surface area contributed by atoms with Crippen LogP contribution < -0.4 is 15.4 Å². The Balaban J connectivity index is 1.62. The standard InChI is InChI=1S/C30H40N6O4/c1-6-40-27-12-11-22(19-34(4)5)17-26(27)32-29(38)28(20(2)24-18-31-25-10-8-7-9-23(24)25)33-30(39)36-15-13-35(14-16-36)21(3)37/h7-12,17-18,20,28,31H,6,13-16,19H2,1-5H3,(H,32,38)(H,33,39). The van der Waals surface area contributed by atoms with Crippen molar-refractivity contribution < 1.29 is 19.1 Å². The third-order valence-corrected chi connectivity index (χ3v) is 7.29. The maximum atomic E-state index is 14.0. The molecule has 0 bridgehead atoms. The molecule has 4 rings (SSSR count). The highest BCUT2D eigenvalue weighted by atomic mass is 16.5. The van der Waals surface area contributed by atoms with Crippen LogP contribution in [0.3, 0.4) is 0 Å². The zero-order valence-corrected chi connectivity index (χ0v) is 24.0. The van der Waals surface area contributed by atoms with Gasteiger partial charge >= 0.3 is 6.03 Å². The number of aromatic amines is 1. The van der Waals surface area contributed by atoms with Crippen LogP contribution in [0.5, 0.6) is 5.75 Å². The number of fused-ring (bicyclic) bond motifs is 1. The number of hydrogen-bond acceptors (Lipinski definition) is 5. The number of carbonyl (C=O) groups excluding carboxylic acids is 3. The van der Waals surface area contributed by atoms with Crippen LogP contribution in [-0.4, -0.2) is 90.5 Å². The van der Waals surface area contributed by atoms with Crippen LogP contribution in [0.1, 0.15) is 37.8 Å². The van der Waals surface area contributed by atoms with E-state index in [9.17, 15) is 14.4 Å². The summed E-state index contributed by atoms with van der Waals surface area (Å²) < 4.78 is 5.81. The summed E-state index contributed by atoms with van der Waals surface area (Å²) in [6.07, 6.45) is 1.90. The average molecular weight is 549 g/mol. The number of aromatic nitrogens is 1. The smallest absolute Gasteiger partial charge is 0.318 e. The molecule has 2 atom stereocenters.